The van der Waals surface area contributed by atoms with E-state index in [-0.39, 0.29) is 18.1 Å². The minimum absolute atomic E-state index is 0.0236. The monoisotopic (exact) mass is 274 g/mol. The fourth-order valence-corrected chi connectivity index (χ4v) is 2.95. The number of nitrogens with one attached hydrogen (secondary N) is 1. The van der Waals surface area contributed by atoms with Gasteiger partial charge in [-0.15, -0.1) is 0 Å². The van der Waals surface area contributed by atoms with Gasteiger partial charge in [-0.25, -0.2) is 0 Å². The maximum Gasteiger partial charge on any atom is 0.241 e. The number of rotatable bonds is 4. The second kappa shape index (κ2) is 5.96. The van der Waals surface area contributed by atoms with Crippen molar-refractivity contribution in [2.75, 3.05) is 6.54 Å². The predicted octanol–water partition coefficient (Wildman–Crippen LogP) is 3.17. The molecule has 1 aromatic rings. The van der Waals surface area contributed by atoms with Crippen LogP contribution in [0.3, 0.4) is 0 Å². The van der Waals surface area contributed by atoms with Gasteiger partial charge in [0.2, 0.25) is 5.91 Å². The number of hydrogen-bond donors (Lipinski definition) is 1. The fourth-order valence-electron chi connectivity index (χ4n) is 2.95. The van der Waals surface area contributed by atoms with Crippen molar-refractivity contribution in [3.05, 3.63) is 34.9 Å². The quantitative estimate of drug-likeness (QED) is 0.914. The first-order valence-electron chi connectivity index (χ1n) is 7.57. The van der Waals surface area contributed by atoms with Gasteiger partial charge in [-0.05, 0) is 37.3 Å². The zero-order valence-corrected chi connectivity index (χ0v) is 13.2. The van der Waals surface area contributed by atoms with Gasteiger partial charge in [0, 0.05) is 6.54 Å². The van der Waals surface area contributed by atoms with Crippen molar-refractivity contribution in [2.45, 2.75) is 53.2 Å². The molecule has 0 radical (unpaired) electrons. The molecule has 1 heterocycles. The molecule has 3 heteroatoms. The lowest BCUT2D eigenvalue weighted by atomic mass is 10.0. The van der Waals surface area contributed by atoms with E-state index in [4.69, 9.17) is 0 Å². The van der Waals surface area contributed by atoms with Gasteiger partial charge in [0.1, 0.15) is 6.17 Å². The Morgan fingerprint density at radius 1 is 1.30 bits per heavy atom. The van der Waals surface area contributed by atoms with E-state index in [1.165, 1.54) is 16.7 Å². The lowest BCUT2D eigenvalue weighted by Crippen LogP contribution is -2.34. The molecule has 0 aromatic heterocycles. The number of aryl methyl sites for hydroxylation is 2. The van der Waals surface area contributed by atoms with Crippen LogP contribution < -0.4 is 5.32 Å². The molecule has 1 aromatic carbocycles. The van der Waals surface area contributed by atoms with Gasteiger partial charge in [0.05, 0.1) is 6.04 Å². The van der Waals surface area contributed by atoms with E-state index in [0.29, 0.717) is 5.92 Å². The molecule has 0 bridgehead atoms. The van der Waals surface area contributed by atoms with E-state index < -0.39 is 0 Å². The standard InChI is InChI=1S/C17H26N2O/c1-6-15-17(20)19(10-11(2)3)16(18-15)14-8-7-12(4)9-13(14)5/h7-9,11,15-16,18H,6,10H2,1-5H3. The van der Waals surface area contributed by atoms with Crippen molar-refractivity contribution in [1.29, 1.82) is 0 Å². The minimum Gasteiger partial charge on any atom is -0.321 e. The topological polar surface area (TPSA) is 32.3 Å². The van der Waals surface area contributed by atoms with Crippen LogP contribution in [0.4, 0.5) is 0 Å². The van der Waals surface area contributed by atoms with E-state index >= 15 is 0 Å². The van der Waals surface area contributed by atoms with Gasteiger partial charge in [-0.2, -0.15) is 0 Å². The van der Waals surface area contributed by atoms with E-state index in [1.54, 1.807) is 0 Å². The maximum absolute atomic E-state index is 12.5. The molecule has 2 rings (SSSR count). The number of benzene rings is 1. The molecule has 0 aliphatic carbocycles. The molecule has 1 N–H and O–H groups in total. The Labute approximate surface area is 122 Å². The highest BCUT2D eigenvalue weighted by Crippen LogP contribution is 2.29. The predicted molar refractivity (Wildman–Crippen MR) is 82.4 cm³/mol. The van der Waals surface area contributed by atoms with Gasteiger partial charge in [-0.3, -0.25) is 10.1 Å². The molecular weight excluding hydrogens is 248 g/mol. The molecule has 1 aliphatic heterocycles. The second-order valence-corrected chi connectivity index (χ2v) is 6.27. The van der Waals surface area contributed by atoms with Crippen LogP contribution in [0.5, 0.6) is 0 Å². The van der Waals surface area contributed by atoms with Crippen LogP contribution in [0.25, 0.3) is 0 Å². The average molecular weight is 274 g/mol. The van der Waals surface area contributed by atoms with Crippen molar-refractivity contribution in [1.82, 2.24) is 10.2 Å². The van der Waals surface area contributed by atoms with Gasteiger partial charge < -0.3 is 4.90 Å². The summed E-state index contributed by atoms with van der Waals surface area (Å²) in [5, 5.41) is 3.50. The summed E-state index contributed by atoms with van der Waals surface area (Å²) in [5.74, 6) is 0.718. The molecule has 20 heavy (non-hydrogen) atoms. The zero-order chi connectivity index (χ0) is 14.9. The second-order valence-electron chi connectivity index (χ2n) is 6.27. The third-order valence-electron chi connectivity index (χ3n) is 3.94. The average Bonchev–Trinajstić information content (AvgIpc) is 2.66. The molecule has 2 atom stereocenters. The van der Waals surface area contributed by atoms with Crippen LogP contribution in [0.2, 0.25) is 0 Å². The Morgan fingerprint density at radius 2 is 2.00 bits per heavy atom. The highest BCUT2D eigenvalue weighted by atomic mass is 16.2. The first-order valence-corrected chi connectivity index (χ1v) is 7.57. The van der Waals surface area contributed by atoms with E-state index in [0.717, 1.165) is 13.0 Å². The molecule has 3 nitrogen and oxygen atoms in total. The van der Waals surface area contributed by atoms with Crippen LogP contribution in [0, 0.1) is 19.8 Å². The molecule has 0 saturated carbocycles. The van der Waals surface area contributed by atoms with Gasteiger partial charge in [0.15, 0.2) is 0 Å². The van der Waals surface area contributed by atoms with Crippen LogP contribution in [-0.2, 0) is 4.79 Å². The number of carbonyl (C=O) groups excluding carboxylic acids is 1. The van der Waals surface area contributed by atoms with Crippen LogP contribution >= 0.6 is 0 Å². The Bertz CT molecular complexity index is 496. The smallest absolute Gasteiger partial charge is 0.241 e. The Kier molecular flexibility index (Phi) is 4.48. The molecule has 1 fully saturated rings. The summed E-state index contributed by atoms with van der Waals surface area (Å²) in [7, 11) is 0. The van der Waals surface area contributed by atoms with E-state index in [1.807, 2.05) is 4.90 Å². The minimum atomic E-state index is -0.0422. The summed E-state index contributed by atoms with van der Waals surface area (Å²) in [4.78, 5) is 14.5. The molecule has 0 spiro atoms. The van der Waals surface area contributed by atoms with Crippen molar-refractivity contribution < 1.29 is 4.79 Å². The number of carbonyl (C=O) groups is 1. The summed E-state index contributed by atoms with van der Waals surface area (Å²) in [6, 6.07) is 6.43. The van der Waals surface area contributed by atoms with Crippen LogP contribution in [-0.4, -0.2) is 23.4 Å². The Balaban J connectivity index is 2.34. The number of nitrogens with zero attached hydrogens (tertiary/aromatic N) is 1. The van der Waals surface area contributed by atoms with Crippen LogP contribution in [0.15, 0.2) is 18.2 Å². The molecular formula is C17H26N2O. The number of amides is 1. The molecule has 110 valence electrons. The summed E-state index contributed by atoms with van der Waals surface area (Å²) < 4.78 is 0. The highest BCUT2D eigenvalue weighted by Gasteiger charge is 2.39. The summed E-state index contributed by atoms with van der Waals surface area (Å²) in [5.41, 5.74) is 3.74. The molecule has 1 saturated heterocycles. The molecule has 1 amide bonds. The highest BCUT2D eigenvalue weighted by molar-refractivity contribution is 5.84. The van der Waals surface area contributed by atoms with Crippen LogP contribution in [0.1, 0.15) is 50.0 Å². The van der Waals surface area contributed by atoms with Crippen molar-refractivity contribution in [3.8, 4) is 0 Å². The largest absolute Gasteiger partial charge is 0.321 e. The van der Waals surface area contributed by atoms with E-state index in [9.17, 15) is 4.79 Å². The first kappa shape index (κ1) is 15.0. The zero-order valence-electron chi connectivity index (χ0n) is 13.2. The first-order chi connectivity index (χ1) is 9.43. The summed E-state index contributed by atoms with van der Waals surface area (Å²) in [6.45, 7) is 11.4. The fraction of sp³-hybridized carbons (Fsp3) is 0.588. The van der Waals surface area contributed by atoms with Crippen molar-refractivity contribution in [3.63, 3.8) is 0 Å². The lowest BCUT2D eigenvalue weighted by Gasteiger charge is -2.27. The number of hydrogen-bond acceptors (Lipinski definition) is 2. The van der Waals surface area contributed by atoms with Gasteiger partial charge in [-0.1, -0.05) is 44.5 Å². The SMILES string of the molecule is CCC1NC(c2ccc(C)cc2C)N(CC(C)C)C1=O. The summed E-state index contributed by atoms with van der Waals surface area (Å²) in [6.07, 6.45) is 0.866. The Hall–Kier alpha value is -1.35. The Morgan fingerprint density at radius 3 is 2.55 bits per heavy atom. The summed E-state index contributed by atoms with van der Waals surface area (Å²) >= 11 is 0. The van der Waals surface area contributed by atoms with Gasteiger partial charge in [0.25, 0.3) is 0 Å². The third-order valence-corrected chi connectivity index (χ3v) is 3.94. The van der Waals surface area contributed by atoms with Crippen molar-refractivity contribution >= 4 is 5.91 Å². The van der Waals surface area contributed by atoms with E-state index in [2.05, 4.69) is 58.1 Å². The maximum atomic E-state index is 12.5. The van der Waals surface area contributed by atoms with Crippen molar-refractivity contribution in [2.24, 2.45) is 5.92 Å². The lowest BCUT2D eigenvalue weighted by molar-refractivity contribution is -0.130. The molecule has 2 unspecified atom stereocenters. The normalized spacial score (nSPS) is 22.9. The molecule has 1 aliphatic rings. The third kappa shape index (κ3) is 2.88. The van der Waals surface area contributed by atoms with Gasteiger partial charge >= 0.3 is 0 Å².